The maximum Gasteiger partial charge on any atom is 0.391 e. The third-order valence-electron chi connectivity index (χ3n) is 2.15. The summed E-state index contributed by atoms with van der Waals surface area (Å²) in [7, 11) is 0. The van der Waals surface area contributed by atoms with Gasteiger partial charge in [0.25, 0.3) is 0 Å². The number of imidazole rings is 1. The summed E-state index contributed by atoms with van der Waals surface area (Å²) >= 11 is 0.915. The van der Waals surface area contributed by atoms with Crippen molar-refractivity contribution in [3.05, 3.63) is 11.9 Å². The summed E-state index contributed by atoms with van der Waals surface area (Å²) in [5.41, 5.74) is 0.567. The van der Waals surface area contributed by atoms with E-state index in [1.54, 1.807) is 6.92 Å². The predicted molar refractivity (Wildman–Crippen MR) is 60.7 cm³/mol. The summed E-state index contributed by atoms with van der Waals surface area (Å²) in [6.07, 6.45) is -3.73. The number of hydrogen-bond acceptors (Lipinski definition) is 3. The monoisotopic (exact) mass is 282 g/mol. The van der Waals surface area contributed by atoms with Gasteiger partial charge in [-0.05, 0) is 13.8 Å². The maximum atomic E-state index is 12.3. The zero-order chi connectivity index (χ0) is 13.9. The number of hydrogen-bond donors (Lipinski definition) is 1. The molecule has 0 aliphatic carbocycles. The highest BCUT2D eigenvalue weighted by molar-refractivity contribution is 7.99. The highest BCUT2D eigenvalue weighted by atomic mass is 32.2. The van der Waals surface area contributed by atoms with E-state index >= 15 is 0 Å². The molecule has 0 bridgehead atoms. The molecule has 0 saturated carbocycles. The van der Waals surface area contributed by atoms with Gasteiger partial charge in [-0.25, -0.2) is 4.98 Å². The second kappa shape index (κ2) is 5.64. The summed E-state index contributed by atoms with van der Waals surface area (Å²) in [5.74, 6) is -1.26. The highest BCUT2D eigenvalue weighted by Crippen LogP contribution is 2.30. The van der Waals surface area contributed by atoms with Gasteiger partial charge in [-0.2, -0.15) is 13.2 Å². The Balaban J connectivity index is 2.83. The SMILES string of the molecule is Cc1cn(C(C)CC(F)(F)F)c(SCC(=O)O)n1. The van der Waals surface area contributed by atoms with Gasteiger partial charge in [0, 0.05) is 12.2 Å². The molecule has 0 amide bonds. The minimum absolute atomic E-state index is 0.227. The molecule has 1 heterocycles. The molecule has 8 heteroatoms. The second-order valence-corrected chi connectivity index (χ2v) is 4.87. The Kier molecular flexibility index (Phi) is 4.66. The van der Waals surface area contributed by atoms with Crippen LogP contribution in [0.15, 0.2) is 11.4 Å². The van der Waals surface area contributed by atoms with E-state index in [0.29, 0.717) is 10.9 Å². The van der Waals surface area contributed by atoms with Gasteiger partial charge < -0.3 is 9.67 Å². The Morgan fingerprint density at radius 2 is 2.22 bits per heavy atom. The molecule has 0 aliphatic rings. The lowest BCUT2D eigenvalue weighted by Gasteiger charge is -2.17. The third-order valence-corrected chi connectivity index (χ3v) is 3.10. The molecule has 1 unspecified atom stereocenters. The topological polar surface area (TPSA) is 55.1 Å². The van der Waals surface area contributed by atoms with E-state index in [2.05, 4.69) is 4.98 Å². The number of alkyl halides is 3. The van der Waals surface area contributed by atoms with Crippen LogP contribution in [0.4, 0.5) is 13.2 Å². The van der Waals surface area contributed by atoms with Crippen LogP contribution in [0.3, 0.4) is 0 Å². The summed E-state index contributed by atoms with van der Waals surface area (Å²) in [5, 5.41) is 8.86. The molecular formula is C10H13F3N2O2S. The first-order chi connectivity index (χ1) is 8.19. The highest BCUT2D eigenvalue weighted by Gasteiger charge is 2.31. The molecule has 0 aromatic carbocycles. The fourth-order valence-corrected chi connectivity index (χ4v) is 2.32. The van der Waals surface area contributed by atoms with Gasteiger partial charge in [0.15, 0.2) is 5.16 Å². The molecule has 0 spiro atoms. The van der Waals surface area contributed by atoms with Gasteiger partial charge in [-0.1, -0.05) is 11.8 Å². The summed E-state index contributed by atoms with van der Waals surface area (Å²) < 4.78 is 38.3. The van der Waals surface area contributed by atoms with Crippen LogP contribution in [0, 0.1) is 6.92 Å². The van der Waals surface area contributed by atoms with Gasteiger partial charge in [-0.15, -0.1) is 0 Å². The van der Waals surface area contributed by atoms with Crippen molar-refractivity contribution in [2.45, 2.75) is 37.6 Å². The van der Waals surface area contributed by atoms with Crippen molar-refractivity contribution in [2.24, 2.45) is 0 Å². The molecule has 1 N–H and O–H groups in total. The molecule has 102 valence electrons. The Labute approximate surface area is 106 Å². The molecule has 4 nitrogen and oxygen atoms in total. The zero-order valence-corrected chi connectivity index (χ0v) is 10.7. The van der Waals surface area contributed by atoms with Gasteiger partial charge in [0.05, 0.1) is 17.9 Å². The van der Waals surface area contributed by atoms with E-state index in [-0.39, 0.29) is 5.75 Å². The number of halogens is 3. The first-order valence-corrected chi connectivity index (χ1v) is 6.14. The number of rotatable bonds is 5. The van der Waals surface area contributed by atoms with Crippen molar-refractivity contribution in [1.82, 2.24) is 9.55 Å². The Morgan fingerprint density at radius 3 is 2.72 bits per heavy atom. The molecule has 0 saturated heterocycles. The van der Waals surface area contributed by atoms with Crippen molar-refractivity contribution in [1.29, 1.82) is 0 Å². The van der Waals surface area contributed by atoms with E-state index < -0.39 is 24.6 Å². The van der Waals surface area contributed by atoms with Gasteiger partial charge >= 0.3 is 12.1 Å². The minimum atomic E-state index is -4.26. The molecule has 18 heavy (non-hydrogen) atoms. The molecule has 1 aromatic heterocycles. The van der Waals surface area contributed by atoms with Crippen LogP contribution in [0.25, 0.3) is 0 Å². The standard InChI is InChI=1S/C10H13F3N2O2S/c1-6-4-15(7(2)3-10(11,12)13)9(14-6)18-5-8(16)17/h4,7H,3,5H2,1-2H3,(H,16,17). The predicted octanol–water partition coefficient (Wildman–Crippen LogP) is 2.88. The number of aliphatic carboxylic acids is 1. The third kappa shape index (κ3) is 4.59. The van der Waals surface area contributed by atoms with Gasteiger partial charge in [-0.3, -0.25) is 4.79 Å². The number of thioether (sulfide) groups is 1. The Hall–Kier alpha value is -1.18. The van der Waals surface area contributed by atoms with Crippen molar-refractivity contribution in [3.63, 3.8) is 0 Å². The molecule has 1 atom stereocenters. The first-order valence-electron chi connectivity index (χ1n) is 5.16. The fourth-order valence-electron chi connectivity index (χ4n) is 1.48. The zero-order valence-electron chi connectivity index (χ0n) is 9.86. The summed E-state index contributed by atoms with van der Waals surface area (Å²) in [4.78, 5) is 14.5. The lowest BCUT2D eigenvalue weighted by Crippen LogP contribution is -2.17. The number of nitrogens with zero attached hydrogens (tertiary/aromatic N) is 2. The smallest absolute Gasteiger partial charge is 0.391 e. The first kappa shape index (κ1) is 14.9. The molecule has 0 radical (unpaired) electrons. The number of carboxylic acids is 1. The van der Waals surface area contributed by atoms with E-state index in [9.17, 15) is 18.0 Å². The normalized spacial score (nSPS) is 13.6. The average Bonchev–Trinajstić information content (AvgIpc) is 2.54. The van der Waals surface area contributed by atoms with Crippen LogP contribution in [0.1, 0.15) is 25.1 Å². The van der Waals surface area contributed by atoms with E-state index in [1.807, 2.05) is 0 Å². The molecule has 0 aliphatic heterocycles. The van der Waals surface area contributed by atoms with Crippen molar-refractivity contribution in [3.8, 4) is 0 Å². The summed E-state index contributed by atoms with van der Waals surface area (Å²) in [6, 6.07) is -0.803. The quantitative estimate of drug-likeness (QED) is 0.844. The van der Waals surface area contributed by atoms with E-state index in [4.69, 9.17) is 5.11 Å². The number of aryl methyl sites for hydroxylation is 1. The number of carbonyl (C=O) groups is 1. The van der Waals surface area contributed by atoms with Crippen LogP contribution >= 0.6 is 11.8 Å². The van der Waals surface area contributed by atoms with Crippen molar-refractivity contribution >= 4 is 17.7 Å². The molecule has 1 rings (SSSR count). The minimum Gasteiger partial charge on any atom is -0.481 e. The second-order valence-electron chi connectivity index (χ2n) is 3.92. The lowest BCUT2D eigenvalue weighted by molar-refractivity contribution is -0.142. The van der Waals surface area contributed by atoms with Crippen molar-refractivity contribution < 1.29 is 23.1 Å². The van der Waals surface area contributed by atoms with E-state index in [1.165, 1.54) is 17.7 Å². The van der Waals surface area contributed by atoms with Crippen LogP contribution in [-0.2, 0) is 4.79 Å². The van der Waals surface area contributed by atoms with E-state index in [0.717, 1.165) is 11.8 Å². The fraction of sp³-hybridized carbons (Fsp3) is 0.600. The largest absolute Gasteiger partial charge is 0.481 e. The van der Waals surface area contributed by atoms with Crippen LogP contribution in [-0.4, -0.2) is 32.6 Å². The van der Waals surface area contributed by atoms with Crippen LogP contribution in [0.5, 0.6) is 0 Å². The molecule has 0 fully saturated rings. The number of aromatic nitrogens is 2. The average molecular weight is 282 g/mol. The van der Waals surface area contributed by atoms with Crippen molar-refractivity contribution in [2.75, 3.05) is 5.75 Å². The Morgan fingerprint density at radius 1 is 1.61 bits per heavy atom. The number of carboxylic acid groups (broad SMARTS) is 1. The lowest BCUT2D eigenvalue weighted by atomic mass is 10.2. The van der Waals surface area contributed by atoms with Crippen LogP contribution in [0.2, 0.25) is 0 Å². The molecular weight excluding hydrogens is 269 g/mol. The Bertz CT molecular complexity index is 431. The molecule has 1 aromatic rings. The maximum absolute atomic E-state index is 12.3. The summed E-state index contributed by atoms with van der Waals surface area (Å²) in [6.45, 7) is 3.08. The van der Waals surface area contributed by atoms with Crippen LogP contribution < -0.4 is 0 Å². The van der Waals surface area contributed by atoms with Gasteiger partial charge in [0.2, 0.25) is 0 Å². The van der Waals surface area contributed by atoms with Gasteiger partial charge in [0.1, 0.15) is 0 Å².